The minimum absolute atomic E-state index is 0.00576. The summed E-state index contributed by atoms with van der Waals surface area (Å²) in [5, 5.41) is 13.6. The van der Waals surface area contributed by atoms with Crippen molar-refractivity contribution in [3.8, 4) is 0 Å². The Morgan fingerprint density at radius 1 is 1.03 bits per heavy atom. The molecule has 66 heavy (non-hydrogen) atoms. The number of imidazole rings is 1. The van der Waals surface area contributed by atoms with Crippen molar-refractivity contribution < 1.29 is 32.7 Å². The second-order valence-electron chi connectivity index (χ2n) is 19.8. The number of imide groups is 1. The van der Waals surface area contributed by atoms with Gasteiger partial charge in [0.2, 0.25) is 11.8 Å². The number of anilines is 2. The molecule has 2 bridgehead atoms. The van der Waals surface area contributed by atoms with E-state index >= 15 is 0 Å². The van der Waals surface area contributed by atoms with E-state index in [1.165, 1.54) is 15.3 Å². The molecule has 5 aromatic rings. The molecule has 19 heteroatoms. The van der Waals surface area contributed by atoms with Gasteiger partial charge in [-0.15, -0.1) is 0 Å². The van der Waals surface area contributed by atoms with Gasteiger partial charge in [0.25, 0.3) is 12.3 Å². The third kappa shape index (κ3) is 7.70. The molecule has 1 aromatic carbocycles. The molecule has 3 atom stereocenters. The Kier molecular flexibility index (Phi) is 10.9. The Bertz CT molecular complexity index is 2790. The molecule has 2 N–H and O–H groups in total. The lowest BCUT2D eigenvalue weighted by molar-refractivity contribution is -0.136. The van der Waals surface area contributed by atoms with E-state index in [-0.39, 0.29) is 71.0 Å². The molecule has 4 saturated heterocycles. The molecular formula is C47H55F2N11O6. The summed E-state index contributed by atoms with van der Waals surface area (Å²) in [5.74, 6) is 0.165. The number of carbonyl (C=O) groups excluding carboxylic acids is 4. The van der Waals surface area contributed by atoms with Gasteiger partial charge < -0.3 is 19.9 Å². The van der Waals surface area contributed by atoms with E-state index in [4.69, 9.17) is 9.72 Å². The number of aromatic nitrogens is 7. The summed E-state index contributed by atoms with van der Waals surface area (Å²) in [6.07, 6.45) is 11.8. The largest absolute Gasteiger partial charge is 0.374 e. The quantitative estimate of drug-likeness (QED) is 0.158. The molecule has 4 aromatic heterocycles. The Balaban J connectivity index is 0.648. The number of fused-ring (bicyclic) bond motifs is 4. The van der Waals surface area contributed by atoms with Gasteiger partial charge >= 0.3 is 5.69 Å². The summed E-state index contributed by atoms with van der Waals surface area (Å²) < 4.78 is 40.6. The van der Waals surface area contributed by atoms with Crippen LogP contribution in [0, 0.1) is 17.3 Å². The number of morpholine rings is 1. The monoisotopic (exact) mass is 907 g/mol. The number of alkyl halides is 2. The Morgan fingerprint density at radius 3 is 2.56 bits per heavy atom. The summed E-state index contributed by atoms with van der Waals surface area (Å²) in [7, 11) is 1.69. The number of benzene rings is 1. The van der Waals surface area contributed by atoms with Crippen molar-refractivity contribution in [1.82, 2.24) is 43.7 Å². The summed E-state index contributed by atoms with van der Waals surface area (Å²) in [6, 6.07) is 6.93. The van der Waals surface area contributed by atoms with Crippen molar-refractivity contribution in [1.29, 1.82) is 0 Å². The lowest BCUT2D eigenvalue weighted by atomic mass is 9.56. The van der Waals surface area contributed by atoms with Crippen LogP contribution >= 0.6 is 0 Å². The summed E-state index contributed by atoms with van der Waals surface area (Å²) in [4.78, 5) is 74.3. The van der Waals surface area contributed by atoms with Crippen molar-refractivity contribution >= 4 is 51.7 Å². The number of carbonyl (C=O) groups is 4. The Labute approximate surface area is 378 Å². The maximum absolute atomic E-state index is 14.3. The van der Waals surface area contributed by atoms with Crippen LogP contribution in [-0.4, -0.2) is 107 Å². The number of hydrogen-bond acceptors (Lipinski definition) is 11. The number of para-hydroxylation sites is 1. The average molecular weight is 908 g/mol. The predicted molar refractivity (Wildman–Crippen MR) is 237 cm³/mol. The van der Waals surface area contributed by atoms with Gasteiger partial charge in [0.05, 0.1) is 47.7 Å². The van der Waals surface area contributed by atoms with Crippen LogP contribution in [0.2, 0.25) is 0 Å². The fraction of sp³-hybridized carbons (Fsp3) is 0.574. The molecule has 3 amide bonds. The number of halogens is 2. The number of nitrogens with zero attached hydrogens (tertiary/aromatic N) is 9. The third-order valence-corrected chi connectivity index (χ3v) is 15.8. The van der Waals surface area contributed by atoms with E-state index in [9.17, 15) is 32.8 Å². The summed E-state index contributed by atoms with van der Waals surface area (Å²) in [5.41, 5.74) is 2.24. The third-order valence-electron chi connectivity index (χ3n) is 15.8. The number of piperidine rings is 2. The lowest BCUT2D eigenvalue weighted by Gasteiger charge is -2.52. The van der Waals surface area contributed by atoms with Crippen molar-refractivity contribution in [2.24, 2.45) is 24.3 Å². The molecule has 348 valence electrons. The van der Waals surface area contributed by atoms with E-state index in [1.807, 2.05) is 24.3 Å². The zero-order valence-electron chi connectivity index (χ0n) is 37.0. The van der Waals surface area contributed by atoms with E-state index in [0.29, 0.717) is 36.5 Å². The SMILES string of the molecule is Cn1c(=O)n(C2CCC(=O)NC2=O)c2cccc(CCC(=O)C3CC4(CCN(C[C@H]5CC[C@H](n6cc(NC(=O)c7cnn8ccc(N9C[C@H]%10C[C@@H]9CO%10)nc78)c(C(F)F)n6)CC5)CC4)C3)c21. The van der Waals surface area contributed by atoms with Crippen LogP contribution in [-0.2, 0) is 32.6 Å². The van der Waals surface area contributed by atoms with E-state index < -0.39 is 30.0 Å². The number of ketones is 1. The normalized spacial score (nSPS) is 25.6. The van der Waals surface area contributed by atoms with Crippen LogP contribution < -0.4 is 21.2 Å². The molecule has 4 aliphatic heterocycles. The highest BCUT2D eigenvalue weighted by Gasteiger charge is 2.48. The van der Waals surface area contributed by atoms with E-state index in [1.54, 1.807) is 28.7 Å². The summed E-state index contributed by atoms with van der Waals surface area (Å²) in [6.45, 7) is 4.37. The van der Waals surface area contributed by atoms with Gasteiger partial charge in [-0.25, -0.2) is 23.1 Å². The van der Waals surface area contributed by atoms with E-state index in [0.717, 1.165) is 101 Å². The van der Waals surface area contributed by atoms with Crippen LogP contribution in [0.3, 0.4) is 0 Å². The van der Waals surface area contributed by atoms with Gasteiger partial charge in [-0.1, -0.05) is 12.1 Å². The lowest BCUT2D eigenvalue weighted by Crippen LogP contribution is -2.49. The first-order chi connectivity index (χ1) is 31.9. The maximum atomic E-state index is 14.3. The van der Waals surface area contributed by atoms with Gasteiger partial charge in [-0.3, -0.25) is 38.3 Å². The maximum Gasteiger partial charge on any atom is 0.329 e. The molecule has 0 radical (unpaired) electrons. The average Bonchev–Trinajstić information content (AvgIpc) is 4.15. The van der Waals surface area contributed by atoms with Crippen LogP contribution in [0.25, 0.3) is 16.7 Å². The molecule has 2 saturated carbocycles. The highest BCUT2D eigenvalue weighted by molar-refractivity contribution is 6.08. The van der Waals surface area contributed by atoms with Gasteiger partial charge in [0, 0.05) is 51.3 Å². The first-order valence-corrected chi connectivity index (χ1v) is 23.6. The highest BCUT2D eigenvalue weighted by atomic mass is 19.3. The van der Waals surface area contributed by atoms with Crippen molar-refractivity contribution in [3.63, 3.8) is 0 Å². The van der Waals surface area contributed by atoms with Crippen molar-refractivity contribution in [3.05, 3.63) is 70.2 Å². The van der Waals surface area contributed by atoms with Crippen LogP contribution in [0.4, 0.5) is 20.3 Å². The van der Waals surface area contributed by atoms with Crippen LogP contribution in [0.5, 0.6) is 0 Å². The first-order valence-electron chi connectivity index (χ1n) is 23.6. The molecule has 6 fully saturated rings. The van der Waals surface area contributed by atoms with Gasteiger partial charge in [0.1, 0.15) is 23.2 Å². The zero-order valence-corrected chi connectivity index (χ0v) is 37.0. The second-order valence-corrected chi connectivity index (χ2v) is 19.8. The van der Waals surface area contributed by atoms with Gasteiger partial charge in [0.15, 0.2) is 11.3 Å². The number of ether oxygens (including phenoxy) is 1. The van der Waals surface area contributed by atoms with Crippen molar-refractivity contribution in [2.45, 2.75) is 114 Å². The molecule has 1 unspecified atom stereocenters. The molecular weight excluding hydrogens is 853 g/mol. The number of likely N-dealkylation sites (tertiary alicyclic amines) is 1. The van der Waals surface area contributed by atoms with Gasteiger partial charge in [-0.2, -0.15) is 10.2 Å². The fourth-order valence-electron chi connectivity index (χ4n) is 12.1. The topological polar surface area (TPSA) is 183 Å². The number of rotatable bonds is 12. The van der Waals surface area contributed by atoms with Crippen LogP contribution in [0.15, 0.2) is 47.7 Å². The number of hydrogen-bond donors (Lipinski definition) is 2. The Hall–Kier alpha value is -5.82. The molecule has 2 aliphatic carbocycles. The number of nitrogens with one attached hydrogen (secondary N) is 2. The van der Waals surface area contributed by atoms with Gasteiger partial charge in [-0.05, 0) is 113 Å². The van der Waals surface area contributed by atoms with E-state index in [2.05, 4.69) is 30.6 Å². The molecule has 1 spiro atoms. The molecule has 8 heterocycles. The minimum Gasteiger partial charge on any atom is -0.374 e. The fourth-order valence-corrected chi connectivity index (χ4v) is 12.1. The minimum atomic E-state index is -2.86. The van der Waals surface area contributed by atoms with Crippen molar-refractivity contribution in [2.75, 3.05) is 43.0 Å². The smallest absolute Gasteiger partial charge is 0.329 e. The second kappa shape index (κ2) is 16.8. The zero-order chi connectivity index (χ0) is 45.4. The summed E-state index contributed by atoms with van der Waals surface area (Å²) >= 11 is 0. The Morgan fingerprint density at radius 2 is 1.83 bits per heavy atom. The number of aryl methyl sites for hydroxylation is 2. The first kappa shape index (κ1) is 42.8. The standard InChI is InChI=1S/C47H55F2N11O6/c1-55-41-28(3-2-4-35(41)60(46(55)65)36-10-12-39(62)53-45(36)64)7-11-37(61)29-20-47(21-29)14-17-56(18-15-47)23-27-5-8-30(9-6-27)59-25-34(40(54-59)42(48)49)51-44(63)33-22-50-58-16-13-38(52-43(33)58)57-24-32-19-31(57)26-66-32/h2-4,13,16,22,25,27,29-32,36,42H,5-12,14-15,17-21,23-24,26H2,1H3,(H,51,63)(H,53,62,64)/t27-,30-,31-,32-,36?/m1/s1. The predicted octanol–water partition coefficient (Wildman–Crippen LogP) is 5.15. The number of amides is 3. The highest BCUT2D eigenvalue weighted by Crippen LogP contribution is 2.53. The number of Topliss-reactive ketones (excluding diaryl/α,β-unsaturated/α-hetero) is 1. The molecule has 17 nitrogen and oxygen atoms in total. The van der Waals surface area contributed by atoms with Crippen LogP contribution in [0.1, 0.15) is 117 Å². The molecule has 6 aliphatic rings. The molecule has 11 rings (SSSR count).